The molecule has 1 aliphatic rings. The maximum atomic E-state index is 11.1. The van der Waals surface area contributed by atoms with E-state index in [1.807, 2.05) is 0 Å². The molecule has 0 spiro atoms. The van der Waals surface area contributed by atoms with Crippen LogP contribution in [0.3, 0.4) is 0 Å². The van der Waals surface area contributed by atoms with Gasteiger partial charge in [0.15, 0.2) is 0 Å². The van der Waals surface area contributed by atoms with Crippen molar-refractivity contribution < 1.29 is 14.4 Å². The zero-order valence-electron chi connectivity index (χ0n) is 7.19. The fourth-order valence-electron chi connectivity index (χ4n) is 1.51. The third-order valence-electron chi connectivity index (χ3n) is 2.24. The van der Waals surface area contributed by atoms with Crippen molar-refractivity contribution in [2.24, 2.45) is 17.4 Å². The molecule has 2 unspecified atom stereocenters. The summed E-state index contributed by atoms with van der Waals surface area (Å²) in [7, 11) is 1.43. The van der Waals surface area contributed by atoms with Gasteiger partial charge in [-0.2, -0.15) is 0 Å². The van der Waals surface area contributed by atoms with Crippen molar-refractivity contribution in [2.45, 2.75) is 12.5 Å². The molecule has 6 nitrogen and oxygen atoms in total. The molecule has 0 bridgehead atoms. The van der Waals surface area contributed by atoms with Gasteiger partial charge in [-0.05, 0) is 0 Å². The second-order valence-corrected chi connectivity index (χ2v) is 3.06. The highest BCUT2D eigenvalue weighted by molar-refractivity contribution is 5.97. The van der Waals surface area contributed by atoms with Crippen LogP contribution in [0.15, 0.2) is 0 Å². The highest BCUT2D eigenvalue weighted by Gasteiger charge is 2.44. The molecule has 0 aromatic carbocycles. The van der Waals surface area contributed by atoms with Crippen molar-refractivity contribution in [3.63, 3.8) is 0 Å². The summed E-state index contributed by atoms with van der Waals surface area (Å²) in [6.45, 7) is 0. The number of rotatable bonds is 2. The second-order valence-electron chi connectivity index (χ2n) is 3.06. The molecule has 1 fully saturated rings. The minimum atomic E-state index is -0.884. The van der Waals surface area contributed by atoms with E-state index in [0.29, 0.717) is 0 Å². The summed E-state index contributed by atoms with van der Waals surface area (Å²) in [5.41, 5.74) is 10.1. The normalized spacial score (nSPS) is 27.8. The van der Waals surface area contributed by atoms with E-state index in [-0.39, 0.29) is 12.3 Å². The van der Waals surface area contributed by atoms with Gasteiger partial charge in [-0.25, -0.2) is 0 Å². The molecule has 0 aromatic heterocycles. The number of carbonyl (C=O) groups excluding carboxylic acids is 3. The van der Waals surface area contributed by atoms with Crippen molar-refractivity contribution in [1.82, 2.24) is 4.90 Å². The smallest absolute Gasteiger partial charge is 0.241 e. The van der Waals surface area contributed by atoms with Gasteiger partial charge in [0.05, 0.1) is 5.92 Å². The zero-order valence-corrected chi connectivity index (χ0v) is 7.19. The number of nitrogens with two attached hydrogens (primary N) is 2. The van der Waals surface area contributed by atoms with E-state index >= 15 is 0 Å². The number of hydrogen-bond acceptors (Lipinski definition) is 3. The van der Waals surface area contributed by atoms with E-state index in [2.05, 4.69) is 0 Å². The van der Waals surface area contributed by atoms with Gasteiger partial charge in [-0.3, -0.25) is 14.4 Å². The first kappa shape index (κ1) is 9.50. The molecule has 0 aromatic rings. The Morgan fingerprint density at radius 3 is 2.23 bits per heavy atom. The van der Waals surface area contributed by atoms with Crippen LogP contribution < -0.4 is 11.5 Å². The monoisotopic (exact) mass is 185 g/mol. The molecule has 4 N–H and O–H groups in total. The lowest BCUT2D eigenvalue weighted by atomic mass is 9.99. The van der Waals surface area contributed by atoms with Gasteiger partial charge in [-0.1, -0.05) is 0 Å². The Labute approximate surface area is 74.8 Å². The van der Waals surface area contributed by atoms with Crippen LogP contribution in [0, 0.1) is 5.92 Å². The Balaban J connectivity index is 2.93. The molecule has 0 saturated carbocycles. The van der Waals surface area contributed by atoms with Crippen molar-refractivity contribution in [3.05, 3.63) is 0 Å². The van der Waals surface area contributed by atoms with Gasteiger partial charge in [-0.15, -0.1) is 0 Å². The summed E-state index contributed by atoms with van der Waals surface area (Å²) in [4.78, 5) is 34.0. The van der Waals surface area contributed by atoms with E-state index < -0.39 is 23.8 Å². The van der Waals surface area contributed by atoms with E-state index in [9.17, 15) is 14.4 Å². The van der Waals surface area contributed by atoms with Crippen LogP contribution in [-0.2, 0) is 14.4 Å². The Kier molecular flexibility index (Phi) is 2.22. The summed E-state index contributed by atoms with van der Waals surface area (Å²) in [6, 6.07) is -0.884. The Hall–Kier alpha value is -1.59. The number of carbonyl (C=O) groups is 3. The Morgan fingerprint density at radius 1 is 1.38 bits per heavy atom. The second kappa shape index (κ2) is 3.04. The molecule has 1 heterocycles. The van der Waals surface area contributed by atoms with E-state index in [0.717, 1.165) is 4.90 Å². The maximum Gasteiger partial charge on any atom is 0.241 e. The fraction of sp³-hybridized carbons (Fsp3) is 0.571. The zero-order chi connectivity index (χ0) is 10.2. The lowest BCUT2D eigenvalue weighted by molar-refractivity contribution is -0.133. The largest absolute Gasteiger partial charge is 0.369 e. The quantitative estimate of drug-likeness (QED) is 0.510. The molecule has 2 atom stereocenters. The number of likely N-dealkylation sites (N-methyl/N-ethyl adjacent to an activating group) is 1. The third-order valence-corrected chi connectivity index (χ3v) is 2.24. The average Bonchev–Trinajstić information content (AvgIpc) is 2.28. The molecule has 6 heteroatoms. The third kappa shape index (κ3) is 1.47. The Bertz CT molecular complexity index is 276. The lowest BCUT2D eigenvalue weighted by Gasteiger charge is -2.19. The highest BCUT2D eigenvalue weighted by atomic mass is 16.2. The first-order valence-electron chi connectivity index (χ1n) is 3.79. The molecule has 0 radical (unpaired) electrons. The molecule has 72 valence electrons. The standard InChI is InChI=1S/C7H11N3O3/c1-10-4(11)2-3(6(8)12)5(10)7(9)13/h3,5H,2H2,1H3,(H2,8,12)(H2,9,13). The van der Waals surface area contributed by atoms with Crippen molar-refractivity contribution >= 4 is 17.7 Å². The van der Waals surface area contributed by atoms with Crippen LogP contribution in [0.2, 0.25) is 0 Å². The van der Waals surface area contributed by atoms with Crippen LogP contribution >= 0.6 is 0 Å². The SMILES string of the molecule is CN1C(=O)CC(C(N)=O)C1C(N)=O. The summed E-state index contributed by atoms with van der Waals surface area (Å²) in [5, 5.41) is 0. The fourth-order valence-corrected chi connectivity index (χ4v) is 1.51. The molecule has 1 rings (SSSR count). The lowest BCUT2D eigenvalue weighted by Crippen LogP contribution is -2.46. The maximum absolute atomic E-state index is 11.1. The molecular weight excluding hydrogens is 174 g/mol. The Morgan fingerprint density at radius 2 is 1.92 bits per heavy atom. The van der Waals surface area contributed by atoms with Gasteiger partial charge in [0.25, 0.3) is 0 Å². The minimum Gasteiger partial charge on any atom is -0.369 e. The van der Waals surface area contributed by atoms with Crippen LogP contribution in [0.25, 0.3) is 0 Å². The van der Waals surface area contributed by atoms with E-state index in [4.69, 9.17) is 11.5 Å². The predicted octanol–water partition coefficient (Wildman–Crippen LogP) is -2.20. The van der Waals surface area contributed by atoms with E-state index in [1.54, 1.807) is 0 Å². The number of likely N-dealkylation sites (tertiary alicyclic amines) is 1. The van der Waals surface area contributed by atoms with Crippen LogP contribution in [-0.4, -0.2) is 35.7 Å². The predicted molar refractivity (Wildman–Crippen MR) is 43.1 cm³/mol. The molecule has 1 aliphatic heterocycles. The average molecular weight is 185 g/mol. The van der Waals surface area contributed by atoms with Crippen molar-refractivity contribution in [1.29, 1.82) is 0 Å². The van der Waals surface area contributed by atoms with Crippen molar-refractivity contribution in [2.75, 3.05) is 7.05 Å². The van der Waals surface area contributed by atoms with Crippen LogP contribution in [0.4, 0.5) is 0 Å². The first-order valence-corrected chi connectivity index (χ1v) is 3.79. The highest BCUT2D eigenvalue weighted by Crippen LogP contribution is 2.23. The number of amides is 3. The van der Waals surface area contributed by atoms with Gasteiger partial charge in [0.1, 0.15) is 6.04 Å². The first-order chi connectivity index (χ1) is 5.95. The molecule has 1 saturated heterocycles. The number of hydrogen-bond donors (Lipinski definition) is 2. The number of nitrogens with zero attached hydrogens (tertiary/aromatic N) is 1. The van der Waals surface area contributed by atoms with Crippen LogP contribution in [0.1, 0.15) is 6.42 Å². The van der Waals surface area contributed by atoms with Crippen molar-refractivity contribution in [3.8, 4) is 0 Å². The topological polar surface area (TPSA) is 106 Å². The molecule has 3 amide bonds. The van der Waals surface area contributed by atoms with E-state index in [1.165, 1.54) is 7.05 Å². The minimum absolute atomic E-state index is 0.0283. The van der Waals surface area contributed by atoms with Gasteiger partial charge < -0.3 is 16.4 Å². The summed E-state index contributed by atoms with van der Waals surface area (Å²) >= 11 is 0. The summed E-state index contributed by atoms with van der Waals surface area (Å²) in [6.07, 6.45) is -0.0283. The van der Waals surface area contributed by atoms with Gasteiger partial charge in [0.2, 0.25) is 17.7 Å². The molecular formula is C7H11N3O3. The molecule has 0 aliphatic carbocycles. The summed E-state index contributed by atoms with van der Waals surface area (Å²) < 4.78 is 0. The van der Waals surface area contributed by atoms with Gasteiger partial charge >= 0.3 is 0 Å². The number of primary amides is 2. The van der Waals surface area contributed by atoms with Crippen LogP contribution in [0.5, 0.6) is 0 Å². The van der Waals surface area contributed by atoms with Gasteiger partial charge in [0, 0.05) is 13.5 Å². The summed E-state index contributed by atoms with van der Waals surface area (Å²) in [5.74, 6) is -2.43. The molecule has 13 heavy (non-hydrogen) atoms.